The Bertz CT molecular complexity index is 1110. The number of hydrogen-bond donors (Lipinski definition) is 3. The molecule has 37 heavy (non-hydrogen) atoms. The van der Waals surface area contributed by atoms with E-state index in [0.717, 1.165) is 24.3 Å². The highest BCUT2D eigenvalue weighted by Crippen LogP contribution is 2.41. The van der Waals surface area contributed by atoms with Crippen molar-refractivity contribution in [1.82, 2.24) is 5.32 Å². The standard InChI is InChI=1S/C23H22F6N2O6/c1-3-36-17(32)20(22(24,25)26,14-8-6-5-7-9-14)31-19(34)30-16-12-10-15(11-13-16)21(35,23(27,28)29)18(33)37-4-2/h5-13,35H,3-4H2,1-2H3,(H2,30,31,34)/t20-,21-/m0/s1. The van der Waals surface area contributed by atoms with Gasteiger partial charge in [-0.2, -0.15) is 26.3 Å². The van der Waals surface area contributed by atoms with Crippen LogP contribution in [0.25, 0.3) is 0 Å². The third-order valence-electron chi connectivity index (χ3n) is 5.06. The van der Waals surface area contributed by atoms with Crippen LogP contribution in [0.3, 0.4) is 0 Å². The quantitative estimate of drug-likeness (QED) is 0.345. The van der Waals surface area contributed by atoms with E-state index in [-0.39, 0.29) is 5.69 Å². The highest BCUT2D eigenvalue weighted by molar-refractivity contribution is 5.95. The van der Waals surface area contributed by atoms with Crippen LogP contribution in [0.2, 0.25) is 0 Å². The Balaban J connectivity index is 2.41. The number of halogens is 6. The summed E-state index contributed by atoms with van der Waals surface area (Å²) in [5.41, 5.74) is -9.61. The number of amides is 2. The molecule has 0 bridgehead atoms. The van der Waals surface area contributed by atoms with E-state index in [4.69, 9.17) is 0 Å². The minimum atomic E-state index is -5.48. The lowest BCUT2D eigenvalue weighted by molar-refractivity contribution is -0.267. The molecule has 0 saturated heterocycles. The second-order valence-corrected chi connectivity index (χ2v) is 7.42. The van der Waals surface area contributed by atoms with Crippen molar-refractivity contribution in [1.29, 1.82) is 0 Å². The van der Waals surface area contributed by atoms with Crippen LogP contribution >= 0.6 is 0 Å². The number of rotatable bonds is 8. The van der Waals surface area contributed by atoms with Gasteiger partial charge in [-0.3, -0.25) is 0 Å². The summed E-state index contributed by atoms with van der Waals surface area (Å²) in [6.45, 7) is 1.60. The Labute approximate surface area is 206 Å². The molecule has 0 spiro atoms. The third kappa shape index (κ3) is 5.79. The van der Waals surface area contributed by atoms with Crippen LogP contribution in [0.4, 0.5) is 36.8 Å². The Morgan fingerprint density at radius 1 is 0.757 bits per heavy atom. The molecule has 2 aromatic rings. The minimum absolute atomic E-state index is 0.331. The van der Waals surface area contributed by atoms with E-state index in [9.17, 15) is 45.8 Å². The molecule has 0 aliphatic carbocycles. The van der Waals surface area contributed by atoms with Gasteiger partial charge in [0, 0.05) is 11.3 Å². The summed E-state index contributed by atoms with van der Waals surface area (Å²) in [7, 11) is 0. The molecule has 8 nitrogen and oxygen atoms in total. The zero-order valence-corrected chi connectivity index (χ0v) is 19.4. The Morgan fingerprint density at radius 3 is 1.73 bits per heavy atom. The van der Waals surface area contributed by atoms with E-state index < -0.39 is 65.8 Å². The molecule has 2 amide bonds. The van der Waals surface area contributed by atoms with Crippen molar-refractivity contribution in [2.24, 2.45) is 0 Å². The first-order valence-corrected chi connectivity index (χ1v) is 10.6. The van der Waals surface area contributed by atoms with Gasteiger partial charge in [-0.05, 0) is 31.5 Å². The number of urea groups is 1. The first-order valence-electron chi connectivity index (χ1n) is 10.6. The topological polar surface area (TPSA) is 114 Å². The molecule has 2 rings (SSSR count). The molecule has 2 aromatic carbocycles. The lowest BCUT2D eigenvalue weighted by Gasteiger charge is -2.34. The van der Waals surface area contributed by atoms with Gasteiger partial charge >= 0.3 is 30.3 Å². The summed E-state index contributed by atoms with van der Waals surface area (Å²) >= 11 is 0. The number of esters is 2. The smallest absolute Gasteiger partial charge is 0.432 e. The maximum atomic E-state index is 14.2. The van der Waals surface area contributed by atoms with Crippen LogP contribution < -0.4 is 10.6 Å². The van der Waals surface area contributed by atoms with Gasteiger partial charge in [-0.1, -0.05) is 42.5 Å². The third-order valence-corrected chi connectivity index (χ3v) is 5.06. The van der Waals surface area contributed by atoms with Gasteiger partial charge in [0.25, 0.3) is 11.1 Å². The lowest BCUT2D eigenvalue weighted by atomic mass is 9.89. The van der Waals surface area contributed by atoms with Crippen molar-refractivity contribution in [3.05, 3.63) is 65.7 Å². The summed E-state index contributed by atoms with van der Waals surface area (Å²) in [4.78, 5) is 36.9. The highest BCUT2D eigenvalue weighted by Gasteiger charge is 2.64. The second-order valence-electron chi connectivity index (χ2n) is 7.42. The number of nitrogens with one attached hydrogen (secondary N) is 2. The van der Waals surface area contributed by atoms with Crippen LogP contribution in [0.15, 0.2) is 54.6 Å². The maximum absolute atomic E-state index is 14.2. The molecular weight excluding hydrogens is 514 g/mol. The Kier molecular flexibility index (Phi) is 8.80. The van der Waals surface area contributed by atoms with Gasteiger partial charge < -0.3 is 25.2 Å². The lowest BCUT2D eigenvalue weighted by Crippen LogP contribution is -2.62. The number of ether oxygens (including phenoxy) is 2. The van der Waals surface area contributed by atoms with E-state index in [1.165, 1.54) is 32.0 Å². The number of benzene rings is 2. The van der Waals surface area contributed by atoms with Crippen LogP contribution in [0.1, 0.15) is 25.0 Å². The molecule has 0 heterocycles. The minimum Gasteiger partial charge on any atom is -0.464 e. The van der Waals surface area contributed by atoms with Crippen molar-refractivity contribution in [2.45, 2.75) is 37.3 Å². The predicted molar refractivity (Wildman–Crippen MR) is 116 cm³/mol. The number of aliphatic hydroxyl groups is 1. The van der Waals surface area contributed by atoms with Crippen LogP contribution in [-0.2, 0) is 30.2 Å². The largest absolute Gasteiger partial charge is 0.464 e. The van der Waals surface area contributed by atoms with E-state index in [1.807, 2.05) is 5.32 Å². The van der Waals surface area contributed by atoms with Crippen molar-refractivity contribution in [2.75, 3.05) is 18.5 Å². The van der Waals surface area contributed by atoms with E-state index in [2.05, 4.69) is 9.47 Å². The molecule has 0 fully saturated rings. The zero-order valence-electron chi connectivity index (χ0n) is 19.4. The summed E-state index contributed by atoms with van der Waals surface area (Å²) in [6.07, 6.45) is -10.8. The van der Waals surface area contributed by atoms with E-state index in [1.54, 1.807) is 5.32 Å². The molecule has 2 atom stereocenters. The van der Waals surface area contributed by atoms with Crippen molar-refractivity contribution in [3.63, 3.8) is 0 Å². The van der Waals surface area contributed by atoms with E-state index in [0.29, 0.717) is 12.1 Å². The van der Waals surface area contributed by atoms with Crippen molar-refractivity contribution >= 4 is 23.7 Å². The molecule has 0 radical (unpaired) electrons. The van der Waals surface area contributed by atoms with Crippen LogP contribution in [-0.4, -0.2) is 48.6 Å². The average molecular weight is 536 g/mol. The van der Waals surface area contributed by atoms with Crippen LogP contribution in [0.5, 0.6) is 0 Å². The van der Waals surface area contributed by atoms with Gasteiger partial charge in [-0.25, -0.2) is 14.4 Å². The molecule has 0 aliphatic rings. The second kappa shape index (κ2) is 11.1. The molecule has 0 saturated carbocycles. The fraction of sp³-hybridized carbons (Fsp3) is 0.348. The number of carbonyl (C=O) groups excluding carboxylic acids is 3. The van der Waals surface area contributed by atoms with E-state index >= 15 is 0 Å². The molecule has 14 heteroatoms. The molecular formula is C23H22F6N2O6. The summed E-state index contributed by atoms with van der Waals surface area (Å²) in [5, 5.41) is 13.6. The number of anilines is 1. The molecule has 202 valence electrons. The summed E-state index contributed by atoms with van der Waals surface area (Å²) < 4.78 is 92.1. The predicted octanol–water partition coefficient (Wildman–Crippen LogP) is 4.14. The van der Waals surface area contributed by atoms with Crippen LogP contribution in [0, 0.1) is 0 Å². The number of carbonyl (C=O) groups is 3. The first kappa shape index (κ1) is 29.4. The van der Waals surface area contributed by atoms with Crippen molar-refractivity contribution < 1.29 is 55.3 Å². The SMILES string of the molecule is CCOC(=O)[C@@](O)(c1ccc(NC(=O)N[C@](C(=O)OCC)(c2ccccc2)C(F)(F)F)cc1)C(F)(F)F. The van der Waals surface area contributed by atoms with Gasteiger partial charge in [-0.15, -0.1) is 0 Å². The van der Waals surface area contributed by atoms with Crippen molar-refractivity contribution in [3.8, 4) is 0 Å². The fourth-order valence-corrected chi connectivity index (χ4v) is 3.28. The summed E-state index contributed by atoms with van der Waals surface area (Å²) in [5.74, 6) is -3.81. The number of hydrogen-bond acceptors (Lipinski definition) is 6. The molecule has 0 unspecified atom stereocenters. The Morgan fingerprint density at radius 2 is 1.27 bits per heavy atom. The Hall–Kier alpha value is -3.81. The molecule has 0 aromatic heterocycles. The zero-order chi connectivity index (χ0) is 28.1. The average Bonchev–Trinajstić information content (AvgIpc) is 2.81. The summed E-state index contributed by atoms with van der Waals surface area (Å²) in [6, 6.07) is 6.99. The fourth-order valence-electron chi connectivity index (χ4n) is 3.28. The maximum Gasteiger partial charge on any atom is 0.432 e. The number of alkyl halides is 6. The monoisotopic (exact) mass is 536 g/mol. The molecule has 3 N–H and O–H groups in total. The van der Waals surface area contributed by atoms with Gasteiger partial charge in [0.05, 0.1) is 13.2 Å². The van der Waals surface area contributed by atoms with Gasteiger partial charge in [0.1, 0.15) is 0 Å². The first-order chi connectivity index (χ1) is 17.1. The highest BCUT2D eigenvalue weighted by atomic mass is 19.4. The molecule has 0 aliphatic heterocycles. The van der Waals surface area contributed by atoms with Gasteiger partial charge in [0.2, 0.25) is 0 Å². The van der Waals surface area contributed by atoms with Gasteiger partial charge in [0.15, 0.2) is 0 Å². The normalized spacial score (nSPS) is 15.1.